The molecule has 0 aromatic heterocycles. The standard InChI is InChI=1S/C17H22ClN3O2/c1-4-16(23)21(3)11-15(22)19-14-9-10-20(2)17(14)12-5-7-13(18)8-6-12/h4-8,14,17H,1,9-11H2,2-3H3,(H,19,22)/t14-,17+/m1/s1. The highest BCUT2D eigenvalue weighted by molar-refractivity contribution is 6.30. The van der Waals surface area contributed by atoms with E-state index < -0.39 is 0 Å². The summed E-state index contributed by atoms with van der Waals surface area (Å²) in [6, 6.07) is 7.82. The molecule has 2 amide bonds. The van der Waals surface area contributed by atoms with E-state index in [0.29, 0.717) is 5.02 Å². The Morgan fingerprint density at radius 2 is 2.09 bits per heavy atom. The normalized spacial score (nSPS) is 21.0. The van der Waals surface area contributed by atoms with E-state index in [1.54, 1.807) is 7.05 Å². The number of nitrogens with zero attached hydrogens (tertiary/aromatic N) is 2. The van der Waals surface area contributed by atoms with Gasteiger partial charge in [0.15, 0.2) is 0 Å². The summed E-state index contributed by atoms with van der Waals surface area (Å²) in [5, 5.41) is 3.73. The molecule has 0 saturated carbocycles. The van der Waals surface area contributed by atoms with Crippen LogP contribution in [0.5, 0.6) is 0 Å². The zero-order valence-corrected chi connectivity index (χ0v) is 14.2. The van der Waals surface area contributed by atoms with Crippen LogP contribution < -0.4 is 5.32 Å². The second-order valence-electron chi connectivity index (χ2n) is 5.84. The number of carbonyl (C=O) groups excluding carboxylic acids is 2. The predicted octanol–water partition coefficient (Wildman–Crippen LogP) is 1.85. The van der Waals surface area contributed by atoms with Gasteiger partial charge in [-0.2, -0.15) is 0 Å². The Morgan fingerprint density at radius 1 is 1.43 bits per heavy atom. The van der Waals surface area contributed by atoms with E-state index in [9.17, 15) is 9.59 Å². The second kappa shape index (κ2) is 7.62. The van der Waals surface area contributed by atoms with Gasteiger partial charge in [0, 0.05) is 24.7 Å². The van der Waals surface area contributed by atoms with Crippen molar-refractivity contribution in [3.8, 4) is 0 Å². The van der Waals surface area contributed by atoms with Gasteiger partial charge in [0.2, 0.25) is 11.8 Å². The molecule has 23 heavy (non-hydrogen) atoms. The van der Waals surface area contributed by atoms with Crippen LogP contribution in [0, 0.1) is 0 Å². The van der Waals surface area contributed by atoms with Gasteiger partial charge in [0.1, 0.15) is 0 Å². The SMILES string of the molecule is C=CC(=O)N(C)CC(=O)N[C@@H]1CCN(C)[C@H]1c1ccc(Cl)cc1. The number of rotatable bonds is 5. The van der Waals surface area contributed by atoms with E-state index in [-0.39, 0.29) is 30.4 Å². The van der Waals surface area contributed by atoms with Crippen molar-refractivity contribution in [3.05, 3.63) is 47.5 Å². The van der Waals surface area contributed by atoms with E-state index in [0.717, 1.165) is 18.5 Å². The maximum Gasteiger partial charge on any atom is 0.246 e. The molecule has 1 heterocycles. The van der Waals surface area contributed by atoms with Crippen molar-refractivity contribution in [1.29, 1.82) is 0 Å². The minimum Gasteiger partial charge on any atom is -0.350 e. The van der Waals surface area contributed by atoms with Gasteiger partial charge < -0.3 is 10.2 Å². The summed E-state index contributed by atoms with van der Waals surface area (Å²) < 4.78 is 0. The first-order chi connectivity index (χ1) is 10.9. The lowest BCUT2D eigenvalue weighted by Gasteiger charge is -2.27. The first kappa shape index (κ1) is 17.5. The van der Waals surface area contributed by atoms with Crippen molar-refractivity contribution in [2.75, 3.05) is 27.2 Å². The number of amides is 2. The van der Waals surface area contributed by atoms with Crippen LogP contribution in [0.4, 0.5) is 0 Å². The van der Waals surface area contributed by atoms with E-state index >= 15 is 0 Å². The largest absolute Gasteiger partial charge is 0.350 e. The molecule has 1 aromatic carbocycles. The molecule has 0 unspecified atom stereocenters. The highest BCUT2D eigenvalue weighted by Crippen LogP contribution is 2.31. The second-order valence-corrected chi connectivity index (χ2v) is 6.27. The molecule has 0 spiro atoms. The third kappa shape index (κ3) is 4.33. The molecule has 2 rings (SSSR count). The zero-order chi connectivity index (χ0) is 17.0. The summed E-state index contributed by atoms with van der Waals surface area (Å²) in [4.78, 5) is 27.2. The predicted molar refractivity (Wildman–Crippen MR) is 91.2 cm³/mol. The van der Waals surface area contributed by atoms with Crippen LogP contribution in [0.1, 0.15) is 18.0 Å². The maximum absolute atomic E-state index is 12.2. The van der Waals surface area contributed by atoms with Gasteiger partial charge in [0.25, 0.3) is 0 Å². The molecule has 1 saturated heterocycles. The van der Waals surface area contributed by atoms with Gasteiger partial charge in [-0.05, 0) is 37.2 Å². The summed E-state index contributed by atoms with van der Waals surface area (Å²) >= 11 is 5.95. The number of hydrogen-bond donors (Lipinski definition) is 1. The van der Waals surface area contributed by atoms with Crippen molar-refractivity contribution in [1.82, 2.24) is 15.1 Å². The van der Waals surface area contributed by atoms with Crippen molar-refractivity contribution in [2.24, 2.45) is 0 Å². The zero-order valence-electron chi connectivity index (χ0n) is 13.5. The molecule has 5 nitrogen and oxygen atoms in total. The van der Waals surface area contributed by atoms with Crippen molar-refractivity contribution < 1.29 is 9.59 Å². The Hall–Kier alpha value is -1.85. The summed E-state index contributed by atoms with van der Waals surface area (Å²) in [5.74, 6) is -0.431. The quantitative estimate of drug-likeness (QED) is 0.835. The molecule has 0 aliphatic carbocycles. The maximum atomic E-state index is 12.2. The van der Waals surface area contributed by atoms with Gasteiger partial charge in [-0.3, -0.25) is 14.5 Å². The third-order valence-corrected chi connectivity index (χ3v) is 4.39. The van der Waals surface area contributed by atoms with Crippen LogP contribution >= 0.6 is 11.6 Å². The molecule has 0 radical (unpaired) electrons. The highest BCUT2D eigenvalue weighted by Gasteiger charge is 2.34. The van der Waals surface area contributed by atoms with Gasteiger partial charge in [-0.25, -0.2) is 0 Å². The Balaban J connectivity index is 2.03. The number of hydrogen-bond acceptors (Lipinski definition) is 3. The number of halogens is 1. The number of nitrogens with one attached hydrogen (secondary N) is 1. The third-order valence-electron chi connectivity index (χ3n) is 4.14. The van der Waals surface area contributed by atoms with Crippen LogP contribution in [-0.4, -0.2) is 54.8 Å². The summed E-state index contributed by atoms with van der Waals surface area (Å²) in [6.45, 7) is 4.35. The van der Waals surface area contributed by atoms with Gasteiger partial charge in [0.05, 0.1) is 12.6 Å². The van der Waals surface area contributed by atoms with Crippen molar-refractivity contribution in [3.63, 3.8) is 0 Å². The van der Waals surface area contributed by atoms with E-state index in [2.05, 4.69) is 16.8 Å². The fourth-order valence-corrected chi connectivity index (χ4v) is 3.07. The minimum absolute atomic E-state index is 0.0147. The lowest BCUT2D eigenvalue weighted by atomic mass is 10.00. The lowest BCUT2D eigenvalue weighted by molar-refractivity contribution is -0.131. The summed E-state index contributed by atoms with van der Waals surface area (Å²) in [6.07, 6.45) is 2.07. The van der Waals surface area contributed by atoms with Crippen LogP contribution in [0.25, 0.3) is 0 Å². The minimum atomic E-state index is -0.266. The van der Waals surface area contributed by atoms with Crippen LogP contribution in [0.3, 0.4) is 0 Å². The van der Waals surface area contributed by atoms with Crippen LogP contribution in [0.2, 0.25) is 5.02 Å². The van der Waals surface area contributed by atoms with E-state index in [1.807, 2.05) is 31.3 Å². The molecule has 1 fully saturated rings. The topological polar surface area (TPSA) is 52.7 Å². The van der Waals surface area contributed by atoms with Gasteiger partial charge in [-0.1, -0.05) is 30.3 Å². The Bertz CT molecular complexity index is 588. The Labute approximate surface area is 141 Å². The number of carbonyl (C=O) groups is 2. The molecule has 0 bridgehead atoms. The first-order valence-corrected chi connectivity index (χ1v) is 7.92. The number of benzene rings is 1. The molecule has 1 aliphatic heterocycles. The molecule has 2 atom stereocenters. The monoisotopic (exact) mass is 335 g/mol. The van der Waals surface area contributed by atoms with Crippen molar-refractivity contribution >= 4 is 23.4 Å². The molecule has 1 aliphatic rings. The Kier molecular flexibility index (Phi) is 5.80. The molecule has 1 N–H and O–H groups in total. The first-order valence-electron chi connectivity index (χ1n) is 7.55. The average molecular weight is 336 g/mol. The number of likely N-dealkylation sites (tertiary alicyclic amines) is 1. The summed E-state index contributed by atoms with van der Waals surface area (Å²) in [7, 11) is 3.62. The highest BCUT2D eigenvalue weighted by atomic mass is 35.5. The van der Waals surface area contributed by atoms with Gasteiger partial charge >= 0.3 is 0 Å². The molecule has 6 heteroatoms. The van der Waals surface area contributed by atoms with E-state index in [1.165, 1.54) is 11.0 Å². The van der Waals surface area contributed by atoms with E-state index in [4.69, 9.17) is 11.6 Å². The molecule has 124 valence electrons. The van der Waals surface area contributed by atoms with Crippen LogP contribution in [-0.2, 0) is 9.59 Å². The smallest absolute Gasteiger partial charge is 0.246 e. The summed E-state index contributed by atoms with van der Waals surface area (Å²) in [5.41, 5.74) is 1.12. The molecule has 1 aromatic rings. The average Bonchev–Trinajstić information content (AvgIpc) is 2.87. The molecular formula is C17H22ClN3O2. The fraction of sp³-hybridized carbons (Fsp3) is 0.412. The lowest BCUT2D eigenvalue weighted by Crippen LogP contribution is -2.44. The van der Waals surface area contributed by atoms with Gasteiger partial charge in [-0.15, -0.1) is 0 Å². The number of likely N-dealkylation sites (N-methyl/N-ethyl adjacent to an activating group) is 2. The fourth-order valence-electron chi connectivity index (χ4n) is 2.95. The van der Waals surface area contributed by atoms with Crippen LogP contribution in [0.15, 0.2) is 36.9 Å². The Morgan fingerprint density at radius 3 is 2.70 bits per heavy atom. The van der Waals surface area contributed by atoms with Crippen molar-refractivity contribution in [2.45, 2.75) is 18.5 Å². The molecular weight excluding hydrogens is 314 g/mol.